The van der Waals surface area contributed by atoms with E-state index in [-0.39, 0.29) is 59.2 Å². The van der Waals surface area contributed by atoms with Gasteiger partial charge in [0.15, 0.2) is 0 Å². The van der Waals surface area contributed by atoms with E-state index in [1.54, 1.807) is 21.9 Å². The van der Waals surface area contributed by atoms with Gasteiger partial charge in [0.05, 0.1) is 23.7 Å². The van der Waals surface area contributed by atoms with Crippen molar-refractivity contribution in [1.82, 2.24) is 19.8 Å². The van der Waals surface area contributed by atoms with Crippen molar-refractivity contribution in [1.29, 1.82) is 0 Å². The molecule has 6 bridgehead atoms. The van der Waals surface area contributed by atoms with Crippen molar-refractivity contribution in [3.8, 4) is 17.1 Å². The standard InChI is InChI=1S/C30H35N5O5S/c1-19-8-6-9-20(2)27(19)24-15-25-32-29(31-24)33-41(38,39)23-11-7-10-21(14-23)28(37)35-13-12-34(17-22(18-35)40-25)26(36)16-30(3,4)5/h6-11,14-15,22H,12-13,16-18H2,1-5H3,(H,31,32,33)/t22-/m1/s1. The lowest BCUT2D eigenvalue weighted by atomic mass is 9.91. The minimum atomic E-state index is -4.12. The molecular weight excluding hydrogens is 542 g/mol. The van der Waals surface area contributed by atoms with E-state index in [4.69, 9.17) is 4.74 Å². The topological polar surface area (TPSA) is 122 Å². The highest BCUT2D eigenvalue weighted by Crippen LogP contribution is 2.30. The van der Waals surface area contributed by atoms with E-state index in [0.29, 0.717) is 18.7 Å². The van der Waals surface area contributed by atoms with Gasteiger partial charge in [-0.1, -0.05) is 45.0 Å². The molecule has 5 rings (SSSR count). The summed E-state index contributed by atoms with van der Waals surface area (Å²) < 4.78 is 35.6. The van der Waals surface area contributed by atoms with Crippen molar-refractivity contribution in [2.75, 3.05) is 30.9 Å². The molecule has 0 saturated carbocycles. The molecule has 2 aliphatic rings. The highest BCUT2D eigenvalue weighted by Gasteiger charge is 2.32. The van der Waals surface area contributed by atoms with Gasteiger partial charge in [0.1, 0.15) is 6.10 Å². The van der Waals surface area contributed by atoms with E-state index >= 15 is 0 Å². The zero-order valence-electron chi connectivity index (χ0n) is 24.0. The molecule has 0 spiro atoms. The molecule has 0 aliphatic carbocycles. The number of aryl methyl sites for hydroxylation is 2. The molecule has 1 saturated heterocycles. The molecule has 216 valence electrons. The SMILES string of the molecule is Cc1cccc(C)c1-c1cc2nc(n1)NS(=O)(=O)c1cccc(c1)C(=O)N1CCN(C(=O)CC(C)(C)C)C[C@H](C1)O2. The van der Waals surface area contributed by atoms with Gasteiger partial charge in [-0.25, -0.2) is 18.1 Å². The predicted octanol–water partition coefficient (Wildman–Crippen LogP) is 4.04. The maximum Gasteiger partial charge on any atom is 0.264 e. The summed E-state index contributed by atoms with van der Waals surface area (Å²) in [7, 11) is -4.12. The van der Waals surface area contributed by atoms with Crippen LogP contribution < -0.4 is 9.46 Å². The number of benzene rings is 2. The van der Waals surface area contributed by atoms with Crippen LogP contribution >= 0.6 is 0 Å². The normalized spacial score (nSPS) is 18.7. The summed E-state index contributed by atoms with van der Waals surface area (Å²) in [6.07, 6.45) is -0.259. The molecule has 2 aliphatic heterocycles. The second-order valence-electron chi connectivity index (χ2n) is 11.9. The molecular formula is C30H35N5O5S. The fourth-order valence-corrected chi connectivity index (χ4v) is 6.22. The van der Waals surface area contributed by atoms with Gasteiger partial charge in [0, 0.05) is 36.7 Å². The Balaban J connectivity index is 1.64. The Bertz CT molecular complexity index is 1600. The quantitative estimate of drug-likeness (QED) is 0.488. The summed E-state index contributed by atoms with van der Waals surface area (Å²) in [6, 6.07) is 13.4. The Morgan fingerprint density at radius 3 is 2.44 bits per heavy atom. The number of aromatic nitrogens is 2. The van der Waals surface area contributed by atoms with Crippen LogP contribution in [0.25, 0.3) is 11.3 Å². The maximum absolute atomic E-state index is 13.6. The van der Waals surface area contributed by atoms with Crippen LogP contribution in [0.2, 0.25) is 0 Å². The predicted molar refractivity (Wildman–Crippen MR) is 155 cm³/mol. The van der Waals surface area contributed by atoms with Crippen molar-refractivity contribution in [2.45, 2.75) is 52.0 Å². The molecule has 0 radical (unpaired) electrons. The third-order valence-corrected chi connectivity index (χ3v) is 8.48. The molecule has 0 unspecified atom stereocenters. The van der Waals surface area contributed by atoms with Crippen LogP contribution in [0.4, 0.5) is 5.95 Å². The number of anilines is 1. The lowest BCUT2D eigenvalue weighted by Crippen LogP contribution is -2.42. The number of carbonyl (C=O) groups excluding carboxylic acids is 2. The monoisotopic (exact) mass is 577 g/mol. The van der Waals surface area contributed by atoms with Crippen LogP contribution in [0.15, 0.2) is 53.4 Å². The van der Waals surface area contributed by atoms with E-state index < -0.39 is 16.1 Å². The third-order valence-electron chi connectivity index (χ3n) is 7.15. The van der Waals surface area contributed by atoms with Crippen LogP contribution in [-0.2, 0) is 14.8 Å². The highest BCUT2D eigenvalue weighted by atomic mass is 32.2. The fraction of sp³-hybridized carbons (Fsp3) is 0.400. The molecule has 2 amide bonds. The first kappa shape index (κ1) is 28.5. The number of sulfonamides is 1. The van der Waals surface area contributed by atoms with Crippen LogP contribution in [0.1, 0.15) is 48.7 Å². The largest absolute Gasteiger partial charge is 0.470 e. The molecule has 1 fully saturated rings. The summed E-state index contributed by atoms with van der Waals surface area (Å²) in [6.45, 7) is 11.0. The number of nitrogens with one attached hydrogen (secondary N) is 1. The molecule has 1 N–H and O–H groups in total. The lowest BCUT2D eigenvalue weighted by Gasteiger charge is -2.27. The molecule has 1 aromatic heterocycles. The Morgan fingerprint density at radius 2 is 1.73 bits per heavy atom. The lowest BCUT2D eigenvalue weighted by molar-refractivity contribution is -0.133. The number of amides is 2. The first-order valence-corrected chi connectivity index (χ1v) is 15.1. The number of hydrogen-bond donors (Lipinski definition) is 1. The van der Waals surface area contributed by atoms with Crippen molar-refractivity contribution in [3.63, 3.8) is 0 Å². The smallest absolute Gasteiger partial charge is 0.264 e. The minimum Gasteiger partial charge on any atom is -0.470 e. The number of ether oxygens (including phenoxy) is 1. The summed E-state index contributed by atoms with van der Waals surface area (Å²) in [5, 5.41) is 0. The molecule has 3 aromatic rings. The van der Waals surface area contributed by atoms with Crippen LogP contribution in [0.5, 0.6) is 5.88 Å². The Hall–Kier alpha value is -3.99. The van der Waals surface area contributed by atoms with Gasteiger partial charge < -0.3 is 14.5 Å². The van der Waals surface area contributed by atoms with Gasteiger partial charge in [-0.15, -0.1) is 0 Å². The molecule has 41 heavy (non-hydrogen) atoms. The van der Waals surface area contributed by atoms with Gasteiger partial charge in [0.25, 0.3) is 15.9 Å². The van der Waals surface area contributed by atoms with Crippen LogP contribution in [0, 0.1) is 19.3 Å². The zero-order chi connectivity index (χ0) is 29.5. The average Bonchev–Trinajstić information content (AvgIpc) is 3.09. The number of rotatable bonds is 2. The minimum absolute atomic E-state index is 0.0177. The number of hydrogen-bond acceptors (Lipinski definition) is 7. The molecule has 2 aromatic carbocycles. The molecule has 10 nitrogen and oxygen atoms in total. The second kappa shape index (κ2) is 10.8. The first-order valence-electron chi connectivity index (χ1n) is 13.6. The summed E-state index contributed by atoms with van der Waals surface area (Å²) >= 11 is 0. The van der Waals surface area contributed by atoms with E-state index in [0.717, 1.165) is 16.7 Å². The van der Waals surface area contributed by atoms with Gasteiger partial charge in [-0.05, 0) is 48.6 Å². The van der Waals surface area contributed by atoms with Crippen molar-refractivity contribution >= 4 is 27.8 Å². The average molecular weight is 578 g/mol. The van der Waals surface area contributed by atoms with Crippen molar-refractivity contribution in [2.24, 2.45) is 5.41 Å². The molecule has 3 heterocycles. The number of nitrogens with zero attached hydrogens (tertiary/aromatic N) is 4. The first-order chi connectivity index (χ1) is 19.3. The molecule has 1 atom stereocenters. The van der Waals surface area contributed by atoms with Crippen LogP contribution in [0.3, 0.4) is 0 Å². The third kappa shape index (κ3) is 6.35. The van der Waals surface area contributed by atoms with Crippen LogP contribution in [-0.4, -0.2) is 72.3 Å². The fourth-order valence-electron chi connectivity index (χ4n) is 5.23. The number of fused-ring (bicyclic) bond motifs is 6. The highest BCUT2D eigenvalue weighted by molar-refractivity contribution is 7.92. The van der Waals surface area contributed by atoms with Gasteiger partial charge in [-0.3, -0.25) is 9.59 Å². The van der Waals surface area contributed by atoms with Gasteiger partial charge in [-0.2, -0.15) is 4.98 Å². The van der Waals surface area contributed by atoms with E-state index in [1.165, 1.54) is 18.2 Å². The Labute approximate surface area is 240 Å². The Kier molecular flexibility index (Phi) is 7.50. The zero-order valence-corrected chi connectivity index (χ0v) is 24.8. The molecule has 11 heteroatoms. The van der Waals surface area contributed by atoms with Gasteiger partial charge >= 0.3 is 0 Å². The maximum atomic E-state index is 13.6. The van der Waals surface area contributed by atoms with Crippen molar-refractivity contribution < 1.29 is 22.7 Å². The summed E-state index contributed by atoms with van der Waals surface area (Å²) in [5.74, 6) is -0.365. The van der Waals surface area contributed by atoms with E-state index in [1.807, 2.05) is 52.8 Å². The summed E-state index contributed by atoms with van der Waals surface area (Å²) in [4.78, 5) is 39.1. The second-order valence-corrected chi connectivity index (χ2v) is 13.6. The Morgan fingerprint density at radius 1 is 1.02 bits per heavy atom. The summed E-state index contributed by atoms with van der Waals surface area (Å²) in [5.41, 5.74) is 3.27. The van der Waals surface area contributed by atoms with Crippen molar-refractivity contribution in [3.05, 3.63) is 65.2 Å². The number of carbonyl (C=O) groups is 2. The van der Waals surface area contributed by atoms with E-state index in [9.17, 15) is 18.0 Å². The van der Waals surface area contributed by atoms with E-state index in [2.05, 4.69) is 14.7 Å². The van der Waals surface area contributed by atoms with Gasteiger partial charge in [0.2, 0.25) is 17.7 Å².